The quantitative estimate of drug-likeness (QED) is 0.415. The van der Waals surface area contributed by atoms with Crippen LogP contribution in [0.2, 0.25) is 0 Å². The molecule has 0 aromatic rings. The maximum Gasteiger partial charge on any atom is 0.194 e. The van der Waals surface area contributed by atoms with E-state index >= 15 is 0 Å². The van der Waals surface area contributed by atoms with Gasteiger partial charge in [0.2, 0.25) is 0 Å². The summed E-state index contributed by atoms with van der Waals surface area (Å²) in [5.41, 5.74) is 0. The number of hydrogen-bond donors (Lipinski definition) is 1. The summed E-state index contributed by atoms with van der Waals surface area (Å²) >= 11 is 2.06. The summed E-state index contributed by atoms with van der Waals surface area (Å²) in [6.07, 6.45) is 0. The van der Waals surface area contributed by atoms with E-state index in [0.717, 1.165) is 38.7 Å². The molecule has 0 spiro atoms. The second kappa shape index (κ2) is 10.2. The van der Waals surface area contributed by atoms with Gasteiger partial charge in [0.15, 0.2) is 5.96 Å². The number of nitrogens with one attached hydrogen (secondary N) is 1. The van der Waals surface area contributed by atoms with Gasteiger partial charge in [0.05, 0.1) is 6.54 Å². The first-order valence-electron chi connectivity index (χ1n) is 7.73. The molecule has 0 unspecified atom stereocenters. The van der Waals surface area contributed by atoms with Crippen molar-refractivity contribution in [1.29, 1.82) is 0 Å². The Morgan fingerprint density at radius 3 is 2.62 bits per heavy atom. The lowest BCUT2D eigenvalue weighted by Gasteiger charge is -2.39. The molecule has 1 heterocycles. The van der Waals surface area contributed by atoms with Crippen molar-refractivity contribution in [2.75, 3.05) is 45.5 Å². The molecule has 1 aliphatic rings. The smallest absolute Gasteiger partial charge is 0.194 e. The summed E-state index contributed by atoms with van der Waals surface area (Å²) in [5, 5.41) is 3.44. The van der Waals surface area contributed by atoms with Crippen LogP contribution in [0.4, 0.5) is 0 Å². The predicted molar refractivity (Wildman–Crippen MR) is 107 cm³/mol. The van der Waals surface area contributed by atoms with Crippen LogP contribution in [0.1, 0.15) is 34.6 Å². The van der Waals surface area contributed by atoms with Gasteiger partial charge in [-0.1, -0.05) is 0 Å². The third-order valence-electron chi connectivity index (χ3n) is 3.66. The van der Waals surface area contributed by atoms with Crippen molar-refractivity contribution < 1.29 is 0 Å². The Kier molecular flexibility index (Phi) is 10.3. The standard InChI is InChI=1S/C15H32N4S.HI/c1-7-16-14(17-8-9-18(6)13(2)3)19-10-11-20-15(4,5)12-19;/h13H,7-12H2,1-6H3,(H,16,17);1H. The van der Waals surface area contributed by atoms with Gasteiger partial charge >= 0.3 is 0 Å². The van der Waals surface area contributed by atoms with Gasteiger partial charge in [0, 0.05) is 42.7 Å². The number of nitrogens with zero attached hydrogens (tertiary/aromatic N) is 3. The van der Waals surface area contributed by atoms with Crippen molar-refractivity contribution in [3.63, 3.8) is 0 Å². The van der Waals surface area contributed by atoms with Crippen LogP contribution in [0.15, 0.2) is 4.99 Å². The van der Waals surface area contributed by atoms with Gasteiger partial charge in [-0.3, -0.25) is 4.99 Å². The number of aliphatic imine (C=N–C) groups is 1. The summed E-state index contributed by atoms with van der Waals surface area (Å²) in [4.78, 5) is 9.55. The Morgan fingerprint density at radius 2 is 2.10 bits per heavy atom. The zero-order valence-electron chi connectivity index (χ0n) is 14.5. The highest BCUT2D eigenvalue weighted by molar-refractivity contribution is 14.0. The average molecular weight is 428 g/mol. The minimum absolute atomic E-state index is 0. The third-order valence-corrected chi connectivity index (χ3v) is 4.95. The van der Waals surface area contributed by atoms with Gasteiger partial charge in [0.1, 0.15) is 0 Å². The predicted octanol–water partition coefficient (Wildman–Crippen LogP) is 2.74. The number of guanidine groups is 1. The van der Waals surface area contributed by atoms with Gasteiger partial charge in [0.25, 0.3) is 0 Å². The lowest BCUT2D eigenvalue weighted by molar-refractivity contribution is 0.281. The van der Waals surface area contributed by atoms with E-state index in [1.54, 1.807) is 0 Å². The molecular formula is C15H33IN4S. The van der Waals surface area contributed by atoms with E-state index in [9.17, 15) is 0 Å². The third kappa shape index (κ3) is 7.93. The highest BCUT2D eigenvalue weighted by Gasteiger charge is 2.28. The van der Waals surface area contributed by atoms with Crippen molar-refractivity contribution >= 4 is 41.7 Å². The monoisotopic (exact) mass is 428 g/mol. The van der Waals surface area contributed by atoms with Crippen molar-refractivity contribution in [3.05, 3.63) is 0 Å². The molecule has 126 valence electrons. The van der Waals surface area contributed by atoms with Crippen LogP contribution in [-0.2, 0) is 0 Å². The molecule has 1 aliphatic heterocycles. The fraction of sp³-hybridized carbons (Fsp3) is 0.933. The first-order chi connectivity index (χ1) is 9.35. The summed E-state index contributed by atoms with van der Waals surface area (Å²) in [6, 6.07) is 0.582. The van der Waals surface area contributed by atoms with Crippen LogP contribution in [0, 0.1) is 0 Å². The molecule has 0 aliphatic carbocycles. The maximum atomic E-state index is 4.81. The Morgan fingerprint density at radius 1 is 1.43 bits per heavy atom. The summed E-state index contributed by atoms with van der Waals surface area (Å²) in [6.45, 7) is 16.2. The molecule has 1 N–H and O–H groups in total. The highest BCUT2D eigenvalue weighted by Crippen LogP contribution is 2.29. The molecule has 0 saturated carbocycles. The van der Waals surface area contributed by atoms with E-state index in [1.807, 2.05) is 0 Å². The molecular weight excluding hydrogens is 395 g/mol. The number of thioether (sulfide) groups is 1. The van der Waals surface area contributed by atoms with Gasteiger partial charge in [-0.05, 0) is 41.7 Å². The van der Waals surface area contributed by atoms with E-state index in [4.69, 9.17) is 4.99 Å². The molecule has 0 atom stereocenters. The first-order valence-corrected chi connectivity index (χ1v) is 8.71. The molecule has 0 radical (unpaired) electrons. The minimum atomic E-state index is 0. The van der Waals surface area contributed by atoms with E-state index in [1.165, 1.54) is 5.75 Å². The first kappa shape index (κ1) is 21.3. The normalized spacial score (nSPS) is 18.9. The topological polar surface area (TPSA) is 30.9 Å². The van der Waals surface area contributed by atoms with Crippen LogP contribution in [0.25, 0.3) is 0 Å². The summed E-state index contributed by atoms with van der Waals surface area (Å²) in [5.74, 6) is 2.27. The van der Waals surface area contributed by atoms with Crippen molar-refractivity contribution in [3.8, 4) is 0 Å². The van der Waals surface area contributed by atoms with Crippen LogP contribution in [0.5, 0.6) is 0 Å². The number of hydrogen-bond acceptors (Lipinski definition) is 3. The Balaban J connectivity index is 0.00000400. The van der Waals surface area contributed by atoms with Crippen molar-refractivity contribution in [2.45, 2.75) is 45.4 Å². The maximum absolute atomic E-state index is 4.81. The SMILES string of the molecule is CCNC(=NCCN(C)C(C)C)N1CCSC(C)(C)C1.I. The van der Waals surface area contributed by atoms with Gasteiger partial charge in [-0.2, -0.15) is 11.8 Å². The lowest BCUT2D eigenvalue weighted by atomic mass is 10.2. The van der Waals surface area contributed by atoms with Gasteiger partial charge in [-0.15, -0.1) is 24.0 Å². The molecule has 4 nitrogen and oxygen atoms in total. The highest BCUT2D eigenvalue weighted by atomic mass is 127. The molecule has 0 bridgehead atoms. The molecule has 1 saturated heterocycles. The fourth-order valence-corrected chi connectivity index (χ4v) is 3.31. The second-order valence-electron chi connectivity index (χ2n) is 6.34. The molecule has 6 heteroatoms. The lowest BCUT2D eigenvalue weighted by Crippen LogP contribution is -2.51. The fourth-order valence-electron chi connectivity index (χ4n) is 2.19. The van der Waals surface area contributed by atoms with Gasteiger partial charge in [-0.25, -0.2) is 0 Å². The van der Waals surface area contributed by atoms with Crippen molar-refractivity contribution in [1.82, 2.24) is 15.1 Å². The molecule has 21 heavy (non-hydrogen) atoms. The molecule has 0 amide bonds. The Hall–Kier alpha value is 0.310. The van der Waals surface area contributed by atoms with E-state index in [-0.39, 0.29) is 24.0 Å². The van der Waals surface area contributed by atoms with Gasteiger partial charge < -0.3 is 15.1 Å². The molecule has 0 aromatic heterocycles. The van der Waals surface area contributed by atoms with Crippen LogP contribution in [-0.4, -0.2) is 72.1 Å². The van der Waals surface area contributed by atoms with E-state index < -0.39 is 0 Å². The number of likely N-dealkylation sites (N-methyl/N-ethyl adjacent to an activating group) is 1. The average Bonchev–Trinajstić information content (AvgIpc) is 2.36. The van der Waals surface area contributed by atoms with E-state index in [0.29, 0.717) is 10.8 Å². The molecule has 1 rings (SSSR count). The summed E-state index contributed by atoms with van der Waals surface area (Å²) in [7, 11) is 2.16. The summed E-state index contributed by atoms with van der Waals surface area (Å²) < 4.78 is 0.323. The zero-order valence-corrected chi connectivity index (χ0v) is 17.6. The minimum Gasteiger partial charge on any atom is -0.357 e. The van der Waals surface area contributed by atoms with Crippen LogP contribution >= 0.6 is 35.7 Å². The number of rotatable bonds is 5. The van der Waals surface area contributed by atoms with Crippen LogP contribution < -0.4 is 5.32 Å². The second-order valence-corrected chi connectivity index (χ2v) is 8.14. The Labute approximate surface area is 152 Å². The van der Waals surface area contributed by atoms with E-state index in [2.05, 4.69) is 68.5 Å². The van der Waals surface area contributed by atoms with Crippen molar-refractivity contribution in [2.24, 2.45) is 4.99 Å². The number of halogens is 1. The largest absolute Gasteiger partial charge is 0.357 e. The Bertz CT molecular complexity index is 321. The zero-order chi connectivity index (χ0) is 15.2. The molecule has 0 aromatic carbocycles. The van der Waals surface area contributed by atoms with Crippen LogP contribution in [0.3, 0.4) is 0 Å². The molecule has 1 fully saturated rings.